The van der Waals surface area contributed by atoms with Crippen molar-refractivity contribution >= 4 is 33.1 Å². The Morgan fingerprint density at radius 1 is 0.938 bits per heavy atom. The number of pyridine rings is 2. The van der Waals surface area contributed by atoms with Crippen molar-refractivity contribution in [2.45, 2.75) is 6.54 Å². The van der Waals surface area contributed by atoms with Gasteiger partial charge in [-0.15, -0.1) is 11.3 Å². The number of carbonyl (C=O) groups is 1. The Hall–Kier alpha value is -4.03. The fourth-order valence-corrected chi connectivity index (χ4v) is 4.69. The van der Waals surface area contributed by atoms with E-state index in [1.54, 1.807) is 12.4 Å². The van der Waals surface area contributed by atoms with Gasteiger partial charge in [0.15, 0.2) is 0 Å². The van der Waals surface area contributed by atoms with Crippen molar-refractivity contribution in [1.82, 2.24) is 15.3 Å². The minimum atomic E-state index is -0.213. The van der Waals surface area contributed by atoms with Crippen LogP contribution in [-0.2, 0) is 6.54 Å². The van der Waals surface area contributed by atoms with Crippen LogP contribution in [0.3, 0.4) is 0 Å². The molecule has 3 heterocycles. The Kier molecular flexibility index (Phi) is 5.35. The number of rotatable bonds is 5. The first kappa shape index (κ1) is 19.9. The first-order valence-corrected chi connectivity index (χ1v) is 11.0. The summed E-state index contributed by atoms with van der Waals surface area (Å²) >= 11 is 1.32. The summed E-state index contributed by atoms with van der Waals surface area (Å²) in [6.45, 7) is 0.384. The van der Waals surface area contributed by atoms with Crippen LogP contribution in [0, 0.1) is 0 Å². The number of hydrogen-bond donors (Lipinski definition) is 2. The maximum Gasteiger partial charge on any atom is 0.263 e. The number of benzene rings is 2. The number of aromatic nitrogens is 2. The van der Waals surface area contributed by atoms with Crippen LogP contribution in [0.4, 0.5) is 5.69 Å². The monoisotopic (exact) mass is 436 g/mol. The molecule has 32 heavy (non-hydrogen) atoms. The summed E-state index contributed by atoms with van der Waals surface area (Å²) in [7, 11) is 0. The van der Waals surface area contributed by atoms with E-state index >= 15 is 0 Å². The van der Waals surface area contributed by atoms with Gasteiger partial charge in [0, 0.05) is 29.9 Å². The minimum absolute atomic E-state index is 0.213. The van der Waals surface area contributed by atoms with Crippen molar-refractivity contribution in [3.05, 3.63) is 102 Å². The van der Waals surface area contributed by atoms with E-state index in [0.717, 1.165) is 38.2 Å². The van der Waals surface area contributed by atoms with Gasteiger partial charge < -0.3 is 11.1 Å². The van der Waals surface area contributed by atoms with E-state index in [0.29, 0.717) is 17.1 Å². The van der Waals surface area contributed by atoms with Crippen molar-refractivity contribution in [3.8, 4) is 22.4 Å². The number of nitrogens with one attached hydrogen (secondary N) is 1. The average Bonchev–Trinajstić information content (AvgIpc) is 3.20. The largest absolute Gasteiger partial charge is 0.397 e. The highest BCUT2D eigenvalue weighted by atomic mass is 32.1. The molecule has 156 valence electrons. The summed E-state index contributed by atoms with van der Waals surface area (Å²) in [4.78, 5) is 23.1. The highest BCUT2D eigenvalue weighted by Gasteiger charge is 2.21. The molecule has 6 heteroatoms. The first-order valence-electron chi connectivity index (χ1n) is 10.2. The SMILES string of the molecule is Nc1c(C(=O)NCc2cccnc2)sc2nc(-c3ccccc3)cc(-c3ccccc3)c12. The van der Waals surface area contributed by atoms with E-state index in [4.69, 9.17) is 10.7 Å². The van der Waals surface area contributed by atoms with Crippen molar-refractivity contribution < 1.29 is 4.79 Å². The molecule has 0 aliphatic heterocycles. The molecule has 0 atom stereocenters. The number of amides is 1. The van der Waals surface area contributed by atoms with Crippen LogP contribution in [0.1, 0.15) is 15.2 Å². The fraction of sp³-hybridized carbons (Fsp3) is 0.0385. The quantitative estimate of drug-likeness (QED) is 0.379. The zero-order valence-corrected chi connectivity index (χ0v) is 18.0. The predicted octanol–water partition coefficient (Wildman–Crippen LogP) is 5.54. The van der Waals surface area contributed by atoms with Crippen LogP contribution in [0.25, 0.3) is 32.6 Å². The number of fused-ring (bicyclic) bond motifs is 1. The highest BCUT2D eigenvalue weighted by Crippen LogP contribution is 2.41. The Labute approximate surface area is 189 Å². The highest BCUT2D eigenvalue weighted by molar-refractivity contribution is 7.21. The predicted molar refractivity (Wildman–Crippen MR) is 130 cm³/mol. The third-order valence-electron chi connectivity index (χ3n) is 5.24. The Bertz CT molecular complexity index is 1380. The van der Waals surface area contributed by atoms with Gasteiger partial charge in [-0.1, -0.05) is 66.7 Å². The maximum atomic E-state index is 13.0. The van der Waals surface area contributed by atoms with E-state index in [1.165, 1.54) is 11.3 Å². The van der Waals surface area contributed by atoms with Crippen LogP contribution >= 0.6 is 11.3 Å². The van der Waals surface area contributed by atoms with Crippen molar-refractivity contribution in [3.63, 3.8) is 0 Å². The van der Waals surface area contributed by atoms with Crippen molar-refractivity contribution in [2.75, 3.05) is 5.73 Å². The zero-order chi connectivity index (χ0) is 21.9. The van der Waals surface area contributed by atoms with E-state index in [9.17, 15) is 4.79 Å². The van der Waals surface area contributed by atoms with Crippen LogP contribution in [-0.4, -0.2) is 15.9 Å². The Morgan fingerprint density at radius 2 is 1.66 bits per heavy atom. The molecule has 1 amide bonds. The lowest BCUT2D eigenvalue weighted by Gasteiger charge is -2.09. The second-order valence-corrected chi connectivity index (χ2v) is 8.36. The second kappa shape index (κ2) is 8.61. The molecule has 3 aromatic heterocycles. The van der Waals surface area contributed by atoms with E-state index in [2.05, 4.69) is 10.3 Å². The lowest BCUT2D eigenvalue weighted by atomic mass is 9.99. The topological polar surface area (TPSA) is 80.9 Å². The standard InChI is InChI=1S/C26H20N4OS/c27-23-22-20(18-9-3-1-4-10-18)14-21(19-11-5-2-6-12-19)30-26(22)32-24(23)25(31)29-16-17-8-7-13-28-15-17/h1-15H,16,27H2,(H,29,31). The van der Waals surface area contributed by atoms with Crippen molar-refractivity contribution in [2.24, 2.45) is 0 Å². The zero-order valence-electron chi connectivity index (χ0n) is 17.2. The van der Waals surface area contributed by atoms with Crippen LogP contribution < -0.4 is 11.1 Å². The normalized spacial score (nSPS) is 10.9. The Morgan fingerprint density at radius 3 is 2.34 bits per heavy atom. The average molecular weight is 437 g/mol. The molecule has 0 aliphatic rings. The molecule has 5 rings (SSSR count). The molecule has 0 spiro atoms. The lowest BCUT2D eigenvalue weighted by Crippen LogP contribution is -2.22. The molecular formula is C26H20N4OS. The molecule has 0 bridgehead atoms. The summed E-state index contributed by atoms with van der Waals surface area (Å²) in [6.07, 6.45) is 3.44. The molecule has 0 fully saturated rings. The van der Waals surface area contributed by atoms with Crippen LogP contribution in [0.5, 0.6) is 0 Å². The number of anilines is 1. The summed E-state index contributed by atoms with van der Waals surface area (Å²) in [5, 5.41) is 3.76. The number of nitrogens with zero attached hydrogens (tertiary/aromatic N) is 2. The number of thiophene rings is 1. The van der Waals surface area contributed by atoms with Crippen molar-refractivity contribution in [1.29, 1.82) is 0 Å². The van der Waals surface area contributed by atoms with Gasteiger partial charge in [0.25, 0.3) is 5.91 Å². The molecule has 0 radical (unpaired) electrons. The summed E-state index contributed by atoms with van der Waals surface area (Å²) in [5.74, 6) is -0.213. The van der Waals surface area contributed by atoms with Crippen LogP contribution in [0.15, 0.2) is 91.3 Å². The van der Waals surface area contributed by atoms with Gasteiger partial charge >= 0.3 is 0 Å². The smallest absolute Gasteiger partial charge is 0.263 e. The molecule has 5 nitrogen and oxygen atoms in total. The van der Waals surface area contributed by atoms with Gasteiger partial charge in [0.2, 0.25) is 0 Å². The number of nitrogen functional groups attached to an aromatic ring is 1. The van der Waals surface area contributed by atoms with Crippen LogP contribution in [0.2, 0.25) is 0 Å². The fourth-order valence-electron chi connectivity index (χ4n) is 3.66. The van der Waals surface area contributed by atoms with Gasteiger partial charge in [0.05, 0.1) is 11.4 Å². The number of carbonyl (C=O) groups excluding carboxylic acids is 1. The first-order chi connectivity index (χ1) is 15.7. The molecule has 3 N–H and O–H groups in total. The van der Waals surface area contributed by atoms with Gasteiger partial charge in [-0.2, -0.15) is 0 Å². The number of hydrogen-bond acceptors (Lipinski definition) is 5. The molecule has 0 saturated heterocycles. The van der Waals surface area contributed by atoms with Gasteiger partial charge in [-0.25, -0.2) is 4.98 Å². The molecule has 2 aromatic carbocycles. The minimum Gasteiger partial charge on any atom is -0.397 e. The molecule has 5 aromatic rings. The second-order valence-electron chi connectivity index (χ2n) is 7.36. The molecule has 0 aliphatic carbocycles. The summed E-state index contributed by atoms with van der Waals surface area (Å²) in [6, 6.07) is 25.9. The molecule has 0 saturated carbocycles. The van der Waals surface area contributed by atoms with E-state index in [1.807, 2.05) is 78.9 Å². The Balaban J connectivity index is 1.61. The third-order valence-corrected chi connectivity index (χ3v) is 6.33. The maximum absolute atomic E-state index is 13.0. The summed E-state index contributed by atoms with van der Waals surface area (Å²) in [5.41, 5.74) is 11.8. The van der Waals surface area contributed by atoms with Gasteiger partial charge in [-0.05, 0) is 28.8 Å². The molecule has 0 unspecified atom stereocenters. The van der Waals surface area contributed by atoms with Gasteiger partial charge in [-0.3, -0.25) is 9.78 Å². The van der Waals surface area contributed by atoms with E-state index in [-0.39, 0.29) is 5.91 Å². The summed E-state index contributed by atoms with van der Waals surface area (Å²) < 4.78 is 0. The van der Waals surface area contributed by atoms with E-state index < -0.39 is 0 Å². The number of nitrogens with two attached hydrogens (primary N) is 1. The molecular weight excluding hydrogens is 416 g/mol. The lowest BCUT2D eigenvalue weighted by molar-refractivity contribution is 0.0956. The third kappa shape index (κ3) is 3.84. The van der Waals surface area contributed by atoms with Gasteiger partial charge in [0.1, 0.15) is 9.71 Å².